The van der Waals surface area contributed by atoms with E-state index in [-0.39, 0.29) is 5.75 Å². The van der Waals surface area contributed by atoms with Gasteiger partial charge in [-0.25, -0.2) is 0 Å². The van der Waals surface area contributed by atoms with Crippen molar-refractivity contribution < 1.29 is 22.6 Å². The average Bonchev–Trinajstić information content (AvgIpc) is 2.39. The van der Waals surface area contributed by atoms with Gasteiger partial charge in [-0.2, -0.15) is 0 Å². The highest BCUT2D eigenvalue weighted by molar-refractivity contribution is 5.74. The number of hydrogen-bond acceptors (Lipinski definition) is 4. The van der Waals surface area contributed by atoms with E-state index in [2.05, 4.69) is 10.1 Å². The Kier molecular flexibility index (Phi) is 4.11. The van der Waals surface area contributed by atoms with Crippen LogP contribution in [0.25, 0.3) is 0 Å². The lowest BCUT2D eigenvalue weighted by atomic mass is 10.2. The molecule has 0 aliphatic carbocycles. The summed E-state index contributed by atoms with van der Waals surface area (Å²) in [6.45, 7) is 0. The molecule has 0 spiro atoms. The molecule has 0 amide bonds. The van der Waals surface area contributed by atoms with Gasteiger partial charge in [-0.1, -0.05) is 6.07 Å². The molecule has 0 saturated carbocycles. The average molecular weight is 298 g/mol. The Balaban J connectivity index is 2.18. The molecule has 0 saturated heterocycles. The van der Waals surface area contributed by atoms with Gasteiger partial charge in [0.25, 0.3) is 0 Å². The first-order valence-electron chi connectivity index (χ1n) is 5.94. The van der Waals surface area contributed by atoms with Gasteiger partial charge in [-0.15, -0.1) is 13.2 Å². The monoisotopic (exact) mass is 298 g/mol. The highest BCUT2D eigenvalue weighted by Crippen LogP contribution is 2.30. The summed E-state index contributed by atoms with van der Waals surface area (Å²) in [5.41, 5.74) is 7.22. The minimum atomic E-state index is -4.72. The largest absolute Gasteiger partial charge is 0.573 e. The number of hydrogen-bond donors (Lipinski definition) is 2. The normalized spacial score (nSPS) is 11.0. The van der Waals surface area contributed by atoms with Crippen molar-refractivity contribution in [1.29, 1.82) is 0 Å². The molecule has 0 unspecified atom stereocenters. The van der Waals surface area contributed by atoms with Crippen LogP contribution >= 0.6 is 0 Å². The number of halogens is 3. The van der Waals surface area contributed by atoms with Crippen molar-refractivity contribution in [3.05, 3.63) is 42.5 Å². The fraction of sp³-hybridized carbons (Fsp3) is 0.143. The van der Waals surface area contributed by atoms with Crippen LogP contribution in [0.1, 0.15) is 0 Å². The molecule has 112 valence electrons. The Bertz CT molecular complexity index is 630. The lowest BCUT2D eigenvalue weighted by molar-refractivity contribution is -0.274. The predicted octanol–water partition coefficient (Wildman–Crippen LogP) is 3.92. The molecule has 3 N–H and O–H groups in total. The molecule has 21 heavy (non-hydrogen) atoms. The molecule has 7 heteroatoms. The predicted molar refractivity (Wildman–Crippen MR) is 73.8 cm³/mol. The fourth-order valence-corrected chi connectivity index (χ4v) is 1.71. The van der Waals surface area contributed by atoms with E-state index in [4.69, 9.17) is 10.5 Å². The van der Waals surface area contributed by atoms with Crippen molar-refractivity contribution in [2.75, 3.05) is 18.2 Å². The van der Waals surface area contributed by atoms with Crippen LogP contribution in [0.4, 0.5) is 30.2 Å². The Morgan fingerprint density at radius 3 is 2.43 bits per heavy atom. The molecule has 0 heterocycles. The SMILES string of the molecule is COc1ccc(Nc2cccc(OC(F)(F)F)c2)c(N)c1. The van der Waals surface area contributed by atoms with Gasteiger partial charge in [-0.3, -0.25) is 0 Å². The molecule has 0 aliphatic rings. The minimum absolute atomic E-state index is 0.306. The summed E-state index contributed by atoms with van der Waals surface area (Å²) in [6, 6.07) is 10.5. The first-order chi connectivity index (χ1) is 9.87. The van der Waals surface area contributed by atoms with E-state index >= 15 is 0 Å². The summed E-state index contributed by atoms with van der Waals surface area (Å²) < 4.78 is 45.4. The molecule has 2 aromatic carbocycles. The molecule has 0 aromatic heterocycles. The molecule has 0 bridgehead atoms. The maximum absolute atomic E-state index is 12.2. The Morgan fingerprint density at radius 2 is 1.81 bits per heavy atom. The summed E-state index contributed by atoms with van der Waals surface area (Å²) in [6.07, 6.45) is -4.72. The van der Waals surface area contributed by atoms with Gasteiger partial charge in [0, 0.05) is 17.8 Å². The lowest BCUT2D eigenvalue weighted by Gasteiger charge is -2.13. The van der Waals surface area contributed by atoms with E-state index in [1.54, 1.807) is 24.3 Å². The summed E-state index contributed by atoms with van der Waals surface area (Å²) in [4.78, 5) is 0. The van der Waals surface area contributed by atoms with Crippen molar-refractivity contribution in [2.45, 2.75) is 6.36 Å². The highest BCUT2D eigenvalue weighted by atomic mass is 19.4. The second kappa shape index (κ2) is 5.82. The highest BCUT2D eigenvalue weighted by Gasteiger charge is 2.31. The van der Waals surface area contributed by atoms with Crippen molar-refractivity contribution >= 4 is 17.1 Å². The zero-order valence-electron chi connectivity index (χ0n) is 11.1. The molecule has 4 nitrogen and oxygen atoms in total. The number of anilines is 3. The fourth-order valence-electron chi connectivity index (χ4n) is 1.71. The molecule has 0 aliphatic heterocycles. The Morgan fingerprint density at radius 1 is 1.05 bits per heavy atom. The Hall–Kier alpha value is -2.57. The van der Waals surface area contributed by atoms with Crippen LogP contribution in [-0.4, -0.2) is 13.5 Å². The molecule has 0 radical (unpaired) electrons. The number of nitrogen functional groups attached to an aromatic ring is 1. The molecule has 2 aromatic rings. The van der Waals surface area contributed by atoms with Gasteiger partial charge >= 0.3 is 6.36 Å². The molecule has 2 rings (SSSR count). The minimum Gasteiger partial charge on any atom is -0.497 e. The van der Waals surface area contributed by atoms with Crippen LogP contribution in [0.15, 0.2) is 42.5 Å². The Labute approximate surface area is 119 Å². The van der Waals surface area contributed by atoms with Gasteiger partial charge < -0.3 is 20.5 Å². The number of ether oxygens (including phenoxy) is 2. The third-order valence-electron chi connectivity index (χ3n) is 2.61. The van der Waals surface area contributed by atoms with Crippen molar-refractivity contribution in [3.63, 3.8) is 0 Å². The molecule has 0 atom stereocenters. The summed E-state index contributed by atoms with van der Waals surface area (Å²) >= 11 is 0. The number of methoxy groups -OCH3 is 1. The zero-order chi connectivity index (χ0) is 15.5. The van der Waals surface area contributed by atoms with E-state index in [1.807, 2.05) is 0 Å². The van der Waals surface area contributed by atoms with Crippen LogP contribution < -0.4 is 20.5 Å². The third-order valence-corrected chi connectivity index (χ3v) is 2.61. The smallest absolute Gasteiger partial charge is 0.497 e. The van der Waals surface area contributed by atoms with Crippen LogP contribution in [0.2, 0.25) is 0 Å². The second-order valence-electron chi connectivity index (χ2n) is 4.15. The lowest BCUT2D eigenvalue weighted by Crippen LogP contribution is -2.17. The van der Waals surface area contributed by atoms with Gasteiger partial charge in [0.2, 0.25) is 0 Å². The van der Waals surface area contributed by atoms with Gasteiger partial charge in [0.15, 0.2) is 0 Å². The topological polar surface area (TPSA) is 56.5 Å². The number of rotatable bonds is 4. The molecule has 0 fully saturated rings. The van der Waals surface area contributed by atoms with Crippen LogP contribution in [0.3, 0.4) is 0 Å². The van der Waals surface area contributed by atoms with Crippen LogP contribution in [-0.2, 0) is 0 Å². The standard InChI is InChI=1S/C14H13F3N2O2/c1-20-10-5-6-13(12(18)8-10)19-9-3-2-4-11(7-9)21-14(15,16)17/h2-8,19H,18H2,1H3. The quantitative estimate of drug-likeness (QED) is 0.840. The van der Waals surface area contributed by atoms with Crippen LogP contribution in [0, 0.1) is 0 Å². The third kappa shape index (κ3) is 4.20. The first-order valence-corrected chi connectivity index (χ1v) is 5.94. The van der Waals surface area contributed by atoms with Crippen molar-refractivity contribution in [3.8, 4) is 11.5 Å². The maximum Gasteiger partial charge on any atom is 0.573 e. The van der Waals surface area contributed by atoms with Crippen molar-refractivity contribution in [2.24, 2.45) is 0 Å². The van der Waals surface area contributed by atoms with E-state index in [0.717, 1.165) is 0 Å². The second-order valence-corrected chi connectivity index (χ2v) is 4.15. The van der Waals surface area contributed by atoms with E-state index in [1.165, 1.54) is 25.3 Å². The van der Waals surface area contributed by atoms with E-state index in [0.29, 0.717) is 22.8 Å². The van der Waals surface area contributed by atoms with Crippen molar-refractivity contribution in [1.82, 2.24) is 0 Å². The zero-order valence-corrected chi connectivity index (χ0v) is 11.1. The number of benzene rings is 2. The molecular formula is C14H13F3N2O2. The van der Waals surface area contributed by atoms with Gasteiger partial charge in [0.05, 0.1) is 18.5 Å². The summed E-state index contributed by atoms with van der Waals surface area (Å²) in [7, 11) is 1.51. The first kappa shape index (κ1) is 14.8. The van der Waals surface area contributed by atoms with Gasteiger partial charge in [-0.05, 0) is 24.3 Å². The number of nitrogens with two attached hydrogens (primary N) is 1. The van der Waals surface area contributed by atoms with E-state index in [9.17, 15) is 13.2 Å². The summed E-state index contributed by atoms with van der Waals surface area (Å²) in [5.74, 6) is 0.284. The maximum atomic E-state index is 12.2. The van der Waals surface area contributed by atoms with Crippen LogP contribution in [0.5, 0.6) is 11.5 Å². The number of nitrogens with one attached hydrogen (secondary N) is 1. The van der Waals surface area contributed by atoms with E-state index < -0.39 is 6.36 Å². The molecular weight excluding hydrogens is 285 g/mol. The van der Waals surface area contributed by atoms with Gasteiger partial charge in [0.1, 0.15) is 11.5 Å². The summed E-state index contributed by atoms with van der Waals surface area (Å²) in [5, 5.41) is 2.92. The number of alkyl halides is 3.